The number of ether oxygens (including phenoxy) is 1. The second-order valence-corrected chi connectivity index (χ2v) is 7.10. The quantitative estimate of drug-likeness (QED) is 0.764. The number of rotatable bonds is 7. The Morgan fingerprint density at radius 2 is 1.54 bits per heavy atom. The van der Waals surface area contributed by atoms with Crippen molar-refractivity contribution >= 4 is 17.8 Å². The van der Waals surface area contributed by atoms with Crippen LogP contribution in [0.4, 0.5) is 4.79 Å². The average Bonchev–Trinajstić information content (AvgIpc) is 3.00. The molecule has 0 fully saturated rings. The molecule has 0 radical (unpaired) electrons. The third-order valence-corrected chi connectivity index (χ3v) is 5.09. The van der Waals surface area contributed by atoms with E-state index in [-0.39, 0.29) is 24.7 Å². The fraction of sp³-hybridized carbons (Fsp3) is 0.318. The highest BCUT2D eigenvalue weighted by atomic mass is 16.5. The van der Waals surface area contributed by atoms with E-state index >= 15 is 0 Å². The molecule has 0 unspecified atom stereocenters. The van der Waals surface area contributed by atoms with Crippen LogP contribution in [0.3, 0.4) is 0 Å². The number of carbonyl (C=O) groups is 3. The molecular weight excluding hydrogens is 358 g/mol. The van der Waals surface area contributed by atoms with Crippen LogP contribution < -0.4 is 5.32 Å². The maximum atomic E-state index is 12.2. The maximum Gasteiger partial charge on any atom is 0.407 e. The third kappa shape index (κ3) is 4.06. The lowest BCUT2D eigenvalue weighted by Gasteiger charge is -2.17. The molecule has 2 N–H and O–H groups in total. The number of carbonyl (C=O) groups excluding carboxylic acids is 2. The van der Waals surface area contributed by atoms with Crippen molar-refractivity contribution in [2.75, 3.05) is 6.61 Å². The van der Waals surface area contributed by atoms with E-state index in [0.29, 0.717) is 0 Å². The Kier molecular flexibility index (Phi) is 5.78. The van der Waals surface area contributed by atoms with E-state index in [4.69, 9.17) is 9.84 Å². The van der Waals surface area contributed by atoms with Crippen LogP contribution in [-0.4, -0.2) is 35.6 Å². The summed E-state index contributed by atoms with van der Waals surface area (Å²) in [5.74, 6) is -2.24. The van der Waals surface area contributed by atoms with Crippen LogP contribution in [0.15, 0.2) is 48.5 Å². The Bertz CT molecular complexity index is 862. The summed E-state index contributed by atoms with van der Waals surface area (Å²) in [7, 11) is 0. The summed E-state index contributed by atoms with van der Waals surface area (Å²) in [4.78, 5) is 35.1. The number of carboxylic acid groups (broad SMARTS) is 1. The van der Waals surface area contributed by atoms with Gasteiger partial charge in [0.25, 0.3) is 0 Å². The topological polar surface area (TPSA) is 92.7 Å². The lowest BCUT2D eigenvalue weighted by molar-refractivity contribution is -0.143. The van der Waals surface area contributed by atoms with Crippen LogP contribution >= 0.6 is 0 Å². The number of hydrogen-bond acceptors (Lipinski definition) is 4. The first-order valence-corrected chi connectivity index (χ1v) is 9.25. The van der Waals surface area contributed by atoms with E-state index < -0.39 is 24.0 Å². The Hall–Kier alpha value is -3.15. The van der Waals surface area contributed by atoms with Crippen molar-refractivity contribution in [1.82, 2.24) is 5.32 Å². The minimum absolute atomic E-state index is 0.0591. The van der Waals surface area contributed by atoms with Gasteiger partial charge in [0.1, 0.15) is 6.61 Å². The van der Waals surface area contributed by atoms with Crippen molar-refractivity contribution in [3.05, 3.63) is 59.7 Å². The van der Waals surface area contributed by atoms with Crippen LogP contribution in [0.5, 0.6) is 0 Å². The van der Waals surface area contributed by atoms with E-state index in [1.54, 1.807) is 0 Å². The van der Waals surface area contributed by atoms with Gasteiger partial charge in [-0.1, -0.05) is 55.5 Å². The van der Waals surface area contributed by atoms with Gasteiger partial charge in [0.05, 0.1) is 12.0 Å². The summed E-state index contributed by atoms with van der Waals surface area (Å²) in [6, 6.07) is 15.2. The molecule has 0 aromatic heterocycles. The molecule has 0 saturated carbocycles. The minimum atomic E-state index is -1.04. The predicted octanol–water partition coefficient (Wildman–Crippen LogP) is 3.59. The summed E-state index contributed by atoms with van der Waals surface area (Å²) in [5.41, 5.74) is 4.49. The van der Waals surface area contributed by atoms with E-state index in [1.165, 1.54) is 13.8 Å². The van der Waals surface area contributed by atoms with Gasteiger partial charge in [0, 0.05) is 12.3 Å². The van der Waals surface area contributed by atoms with E-state index in [2.05, 4.69) is 17.4 Å². The number of ketones is 1. The molecule has 0 aliphatic heterocycles. The number of fused-ring (bicyclic) bond motifs is 3. The molecule has 3 rings (SSSR count). The summed E-state index contributed by atoms with van der Waals surface area (Å²) in [5, 5.41) is 11.4. The number of hydrogen-bond donors (Lipinski definition) is 2. The fourth-order valence-electron chi connectivity index (χ4n) is 3.46. The molecule has 6 nitrogen and oxygen atoms in total. The number of carboxylic acids is 1. The third-order valence-electron chi connectivity index (χ3n) is 5.09. The molecule has 0 bridgehead atoms. The Labute approximate surface area is 163 Å². The fourth-order valence-corrected chi connectivity index (χ4v) is 3.46. The van der Waals surface area contributed by atoms with Gasteiger partial charge in [-0.15, -0.1) is 0 Å². The molecule has 2 aromatic carbocycles. The number of benzene rings is 2. The standard InChI is InChI=1S/C22H23NO5/c1-13(21(25)26)11-20(24)14(2)23-22(27)28-12-19-17-9-5-3-7-15(17)16-8-4-6-10-18(16)19/h3-10,13-14,19H,11-12H2,1-2H3,(H,23,27)(H,25,26)/t13-,14+/m1/s1. The SMILES string of the molecule is C[C@H](CC(=O)[C@H](C)NC(=O)OCC1c2ccccc2-c2ccccc21)C(=O)O. The summed E-state index contributed by atoms with van der Waals surface area (Å²) in [6.07, 6.45) is -0.828. The molecule has 1 aliphatic rings. The zero-order chi connectivity index (χ0) is 20.3. The van der Waals surface area contributed by atoms with Gasteiger partial charge < -0.3 is 15.2 Å². The van der Waals surface area contributed by atoms with Gasteiger partial charge in [-0.05, 0) is 29.2 Å². The summed E-state index contributed by atoms with van der Waals surface area (Å²) in [6.45, 7) is 3.14. The van der Waals surface area contributed by atoms with E-state index in [1.807, 2.05) is 36.4 Å². The first-order chi connectivity index (χ1) is 13.4. The Balaban J connectivity index is 1.61. The van der Waals surface area contributed by atoms with Crippen LogP contribution in [0.25, 0.3) is 11.1 Å². The molecule has 0 heterocycles. The molecule has 2 atom stereocenters. The Morgan fingerprint density at radius 3 is 2.07 bits per heavy atom. The van der Waals surface area contributed by atoms with Gasteiger partial charge >= 0.3 is 12.1 Å². The van der Waals surface area contributed by atoms with Crippen molar-refractivity contribution in [2.24, 2.45) is 5.92 Å². The van der Waals surface area contributed by atoms with Gasteiger partial charge in [-0.3, -0.25) is 9.59 Å². The molecule has 0 saturated heterocycles. The van der Waals surface area contributed by atoms with Crippen molar-refractivity contribution in [3.63, 3.8) is 0 Å². The molecule has 1 aliphatic carbocycles. The highest BCUT2D eigenvalue weighted by molar-refractivity contribution is 5.89. The molecule has 28 heavy (non-hydrogen) atoms. The first-order valence-electron chi connectivity index (χ1n) is 9.25. The van der Waals surface area contributed by atoms with E-state index in [9.17, 15) is 14.4 Å². The highest BCUT2D eigenvalue weighted by Gasteiger charge is 2.29. The van der Waals surface area contributed by atoms with Gasteiger partial charge in [0.2, 0.25) is 0 Å². The molecule has 6 heteroatoms. The van der Waals surface area contributed by atoms with Gasteiger partial charge in [-0.2, -0.15) is 0 Å². The predicted molar refractivity (Wildman–Crippen MR) is 104 cm³/mol. The highest BCUT2D eigenvalue weighted by Crippen LogP contribution is 2.44. The average molecular weight is 381 g/mol. The van der Waals surface area contributed by atoms with Crippen molar-refractivity contribution in [3.8, 4) is 11.1 Å². The molecule has 0 spiro atoms. The number of amides is 1. The molecule has 146 valence electrons. The van der Waals surface area contributed by atoms with Crippen LogP contribution in [0, 0.1) is 5.92 Å². The lowest BCUT2D eigenvalue weighted by atomic mass is 9.98. The van der Waals surface area contributed by atoms with E-state index in [0.717, 1.165) is 22.3 Å². The van der Waals surface area contributed by atoms with Crippen LogP contribution in [0.2, 0.25) is 0 Å². The minimum Gasteiger partial charge on any atom is -0.481 e. The van der Waals surface area contributed by atoms with Crippen LogP contribution in [0.1, 0.15) is 37.3 Å². The van der Waals surface area contributed by atoms with Gasteiger partial charge in [-0.25, -0.2) is 4.79 Å². The maximum absolute atomic E-state index is 12.2. The largest absolute Gasteiger partial charge is 0.481 e. The smallest absolute Gasteiger partial charge is 0.407 e. The second kappa shape index (κ2) is 8.25. The number of aliphatic carboxylic acids is 1. The first kappa shape index (κ1) is 19.6. The second-order valence-electron chi connectivity index (χ2n) is 7.10. The monoisotopic (exact) mass is 381 g/mol. The number of nitrogens with one attached hydrogen (secondary N) is 1. The number of Topliss-reactive ketones (excluding diaryl/α,β-unsaturated/α-hetero) is 1. The van der Waals surface area contributed by atoms with Crippen molar-refractivity contribution < 1.29 is 24.2 Å². The van der Waals surface area contributed by atoms with Crippen molar-refractivity contribution in [1.29, 1.82) is 0 Å². The number of alkyl carbamates (subject to hydrolysis) is 1. The summed E-state index contributed by atoms with van der Waals surface area (Å²) >= 11 is 0. The Morgan fingerprint density at radius 1 is 1.00 bits per heavy atom. The zero-order valence-corrected chi connectivity index (χ0v) is 15.8. The van der Waals surface area contributed by atoms with Crippen LogP contribution in [-0.2, 0) is 14.3 Å². The lowest BCUT2D eigenvalue weighted by Crippen LogP contribution is -2.40. The molecule has 1 amide bonds. The summed E-state index contributed by atoms with van der Waals surface area (Å²) < 4.78 is 5.39. The molecular formula is C22H23NO5. The van der Waals surface area contributed by atoms with Gasteiger partial charge in [0.15, 0.2) is 5.78 Å². The zero-order valence-electron chi connectivity index (χ0n) is 15.8. The normalized spacial score (nSPS) is 14.5. The molecule has 2 aromatic rings. The van der Waals surface area contributed by atoms with Crippen molar-refractivity contribution in [2.45, 2.75) is 32.2 Å².